The minimum atomic E-state index is 0.725. The summed E-state index contributed by atoms with van der Waals surface area (Å²) in [6.07, 6.45) is 14.0. The van der Waals surface area contributed by atoms with Crippen LogP contribution >= 0.6 is 0 Å². The number of nitrogens with one attached hydrogen (secondary N) is 2. The Morgan fingerprint density at radius 1 is 0.667 bits per heavy atom. The van der Waals surface area contributed by atoms with Crippen molar-refractivity contribution in [1.82, 2.24) is 10.9 Å². The van der Waals surface area contributed by atoms with E-state index in [2.05, 4.69) is 24.7 Å². The maximum absolute atomic E-state index is 3.71. The van der Waals surface area contributed by atoms with Gasteiger partial charge in [-0.15, -0.1) is 0 Å². The van der Waals surface area contributed by atoms with Gasteiger partial charge in [0.1, 0.15) is 0 Å². The van der Waals surface area contributed by atoms with Crippen molar-refractivity contribution >= 4 is 0 Å². The fraction of sp³-hybridized carbons (Fsp3) is 1.00. The van der Waals surface area contributed by atoms with Gasteiger partial charge >= 0.3 is 0 Å². The Hall–Kier alpha value is -0.0800. The highest BCUT2D eigenvalue weighted by Crippen LogP contribution is 2.28. The minimum absolute atomic E-state index is 0.725. The van der Waals surface area contributed by atoms with E-state index in [9.17, 15) is 0 Å². The normalized spacial score (nSPS) is 37.7. The molecule has 0 aromatic carbocycles. The highest BCUT2D eigenvalue weighted by Gasteiger charge is 2.27. The Labute approximate surface area is 113 Å². The van der Waals surface area contributed by atoms with Gasteiger partial charge in [-0.3, -0.25) is 10.9 Å². The second kappa shape index (κ2) is 7.49. The Morgan fingerprint density at radius 2 is 1.06 bits per heavy atom. The summed E-state index contributed by atoms with van der Waals surface area (Å²) >= 11 is 0. The van der Waals surface area contributed by atoms with Gasteiger partial charge in [0.05, 0.1) is 0 Å². The monoisotopic (exact) mass is 252 g/mol. The molecule has 18 heavy (non-hydrogen) atoms. The molecular weight excluding hydrogens is 220 g/mol. The van der Waals surface area contributed by atoms with Crippen molar-refractivity contribution in [1.29, 1.82) is 0 Å². The second-order valence-electron chi connectivity index (χ2n) is 6.41. The quantitative estimate of drug-likeness (QED) is 0.722. The van der Waals surface area contributed by atoms with Crippen LogP contribution in [0.2, 0.25) is 0 Å². The molecule has 0 spiro atoms. The van der Waals surface area contributed by atoms with Crippen molar-refractivity contribution in [3.63, 3.8) is 0 Å². The van der Waals surface area contributed by atoms with Gasteiger partial charge in [-0.05, 0) is 37.5 Å². The first-order chi connectivity index (χ1) is 8.85. The van der Waals surface area contributed by atoms with E-state index in [0.29, 0.717) is 0 Å². The first-order valence-electron chi connectivity index (χ1n) is 8.36. The molecule has 0 amide bonds. The number of rotatable bonds is 5. The predicted octanol–water partition coefficient (Wildman–Crippen LogP) is 4.02. The molecule has 0 heterocycles. The summed E-state index contributed by atoms with van der Waals surface area (Å²) in [5.41, 5.74) is 7.41. The molecule has 106 valence electrons. The van der Waals surface area contributed by atoms with Gasteiger partial charge in [-0.2, -0.15) is 0 Å². The van der Waals surface area contributed by atoms with E-state index < -0.39 is 0 Å². The number of hydrazine groups is 1. The first-order valence-corrected chi connectivity index (χ1v) is 8.36. The van der Waals surface area contributed by atoms with Crippen LogP contribution in [-0.4, -0.2) is 12.1 Å². The lowest BCUT2D eigenvalue weighted by molar-refractivity contribution is 0.178. The van der Waals surface area contributed by atoms with Gasteiger partial charge in [-0.1, -0.05) is 52.4 Å². The highest BCUT2D eigenvalue weighted by molar-refractivity contribution is 4.83. The lowest BCUT2D eigenvalue weighted by Crippen LogP contribution is -2.53. The van der Waals surface area contributed by atoms with Crippen molar-refractivity contribution in [2.24, 2.45) is 11.8 Å². The maximum atomic E-state index is 3.71. The average Bonchev–Trinajstić information content (AvgIpc) is 2.45. The Kier molecular flexibility index (Phi) is 5.97. The third-order valence-electron chi connectivity index (χ3n) is 5.32. The van der Waals surface area contributed by atoms with E-state index in [0.717, 1.165) is 23.9 Å². The van der Waals surface area contributed by atoms with E-state index in [1.54, 1.807) is 0 Å². The van der Waals surface area contributed by atoms with Crippen molar-refractivity contribution in [3.8, 4) is 0 Å². The van der Waals surface area contributed by atoms with Crippen LogP contribution in [-0.2, 0) is 0 Å². The summed E-state index contributed by atoms with van der Waals surface area (Å²) < 4.78 is 0. The highest BCUT2D eigenvalue weighted by atomic mass is 15.4. The Bertz CT molecular complexity index is 205. The van der Waals surface area contributed by atoms with Gasteiger partial charge in [-0.25, -0.2) is 0 Å². The van der Waals surface area contributed by atoms with Gasteiger partial charge in [0.2, 0.25) is 0 Å². The number of hydrogen-bond donors (Lipinski definition) is 2. The maximum Gasteiger partial charge on any atom is 0.0241 e. The van der Waals surface area contributed by atoms with E-state index in [-0.39, 0.29) is 0 Å². The summed E-state index contributed by atoms with van der Waals surface area (Å²) in [7, 11) is 0. The molecule has 4 unspecified atom stereocenters. The summed E-state index contributed by atoms with van der Waals surface area (Å²) in [4.78, 5) is 0. The molecule has 0 radical (unpaired) electrons. The summed E-state index contributed by atoms with van der Waals surface area (Å²) in [5, 5.41) is 0. The van der Waals surface area contributed by atoms with E-state index in [4.69, 9.17) is 0 Å². The van der Waals surface area contributed by atoms with Crippen LogP contribution in [0.5, 0.6) is 0 Å². The van der Waals surface area contributed by atoms with Crippen molar-refractivity contribution in [2.75, 3.05) is 0 Å². The van der Waals surface area contributed by atoms with Gasteiger partial charge in [0.25, 0.3) is 0 Å². The van der Waals surface area contributed by atoms with Crippen LogP contribution in [0.15, 0.2) is 0 Å². The van der Waals surface area contributed by atoms with Gasteiger partial charge in [0, 0.05) is 12.1 Å². The Morgan fingerprint density at radius 3 is 1.44 bits per heavy atom. The van der Waals surface area contributed by atoms with E-state index >= 15 is 0 Å². The molecule has 2 N–H and O–H groups in total. The van der Waals surface area contributed by atoms with Crippen LogP contribution in [0.25, 0.3) is 0 Å². The largest absolute Gasteiger partial charge is 0.254 e. The molecule has 2 heteroatoms. The van der Waals surface area contributed by atoms with E-state index in [1.165, 1.54) is 64.2 Å². The van der Waals surface area contributed by atoms with Gasteiger partial charge in [0.15, 0.2) is 0 Å². The van der Waals surface area contributed by atoms with Crippen LogP contribution in [0, 0.1) is 11.8 Å². The van der Waals surface area contributed by atoms with Crippen molar-refractivity contribution in [3.05, 3.63) is 0 Å². The van der Waals surface area contributed by atoms with Crippen LogP contribution in [0.3, 0.4) is 0 Å². The molecule has 2 aliphatic carbocycles. The standard InChI is InChI=1S/C16H32N2/c1-3-13-9-5-7-11-15(13)17-18-16-12-8-6-10-14(16)4-2/h13-18H,3-12H2,1-2H3. The first kappa shape index (κ1) is 14.3. The average molecular weight is 252 g/mol. The van der Waals surface area contributed by atoms with Crippen LogP contribution < -0.4 is 10.9 Å². The third-order valence-corrected chi connectivity index (χ3v) is 5.32. The molecule has 2 nitrogen and oxygen atoms in total. The molecule has 0 saturated heterocycles. The van der Waals surface area contributed by atoms with E-state index in [1.807, 2.05) is 0 Å². The molecule has 0 aromatic rings. The fourth-order valence-corrected chi connectivity index (χ4v) is 3.99. The zero-order valence-electron chi connectivity index (χ0n) is 12.4. The number of hydrogen-bond acceptors (Lipinski definition) is 2. The predicted molar refractivity (Wildman–Crippen MR) is 78.3 cm³/mol. The summed E-state index contributed by atoms with van der Waals surface area (Å²) in [6.45, 7) is 4.69. The lowest BCUT2D eigenvalue weighted by Gasteiger charge is -2.37. The zero-order valence-corrected chi connectivity index (χ0v) is 12.4. The second-order valence-corrected chi connectivity index (χ2v) is 6.41. The molecule has 2 saturated carbocycles. The van der Waals surface area contributed by atoms with Crippen LogP contribution in [0.4, 0.5) is 0 Å². The third kappa shape index (κ3) is 3.71. The molecule has 2 aliphatic rings. The zero-order chi connectivity index (χ0) is 12.8. The molecule has 0 aliphatic heterocycles. The lowest BCUT2D eigenvalue weighted by atomic mass is 9.82. The summed E-state index contributed by atoms with van der Waals surface area (Å²) in [6, 6.07) is 1.45. The SMILES string of the molecule is CCC1CCCCC1NNC1CCCCC1CC. The molecule has 2 rings (SSSR count). The topological polar surface area (TPSA) is 24.1 Å². The van der Waals surface area contributed by atoms with Gasteiger partial charge < -0.3 is 0 Å². The molecule has 0 bridgehead atoms. The fourth-order valence-electron chi connectivity index (χ4n) is 3.99. The molecular formula is C16H32N2. The van der Waals surface area contributed by atoms with Crippen molar-refractivity contribution < 1.29 is 0 Å². The molecule has 0 aromatic heterocycles. The minimum Gasteiger partial charge on any atom is -0.254 e. The molecule has 2 fully saturated rings. The molecule has 4 atom stereocenters. The smallest absolute Gasteiger partial charge is 0.0241 e. The van der Waals surface area contributed by atoms with Crippen LogP contribution in [0.1, 0.15) is 78.1 Å². The summed E-state index contributed by atoms with van der Waals surface area (Å²) in [5.74, 6) is 1.80. The van der Waals surface area contributed by atoms with Crippen molar-refractivity contribution in [2.45, 2.75) is 90.1 Å². The Balaban J connectivity index is 1.78.